The minimum atomic E-state index is -2.09. The SMILES string of the molecule is C(C=Cc1ccccc1)=Cc1ccccc1.C1=CCC(N=P(c2ccccc2)(c2ccccc2)c2ccccc2)=C1.[Ti]. The summed E-state index contributed by atoms with van der Waals surface area (Å²) in [6.07, 6.45) is 15.6. The Labute approximate surface area is 265 Å². The maximum Gasteiger partial charge on any atom is 0.0608 e. The van der Waals surface area contributed by atoms with E-state index < -0.39 is 7.05 Å². The molecule has 1 nitrogen and oxygen atoms in total. The van der Waals surface area contributed by atoms with Crippen LogP contribution in [-0.2, 0) is 21.7 Å². The third-order valence-electron chi connectivity index (χ3n) is 6.71. The van der Waals surface area contributed by atoms with Gasteiger partial charge in [0.05, 0.1) is 7.05 Å². The molecule has 0 heterocycles. The molecule has 0 amide bonds. The second-order valence-corrected chi connectivity index (χ2v) is 12.6. The summed E-state index contributed by atoms with van der Waals surface area (Å²) in [5.74, 6) is 0. The van der Waals surface area contributed by atoms with Gasteiger partial charge < -0.3 is 0 Å². The largest absolute Gasteiger partial charge is 0.258 e. The molecule has 0 fully saturated rings. The minimum Gasteiger partial charge on any atom is -0.258 e. The van der Waals surface area contributed by atoms with Crippen molar-refractivity contribution in [2.24, 2.45) is 4.74 Å². The zero-order valence-corrected chi connectivity index (χ0v) is 26.0. The van der Waals surface area contributed by atoms with Gasteiger partial charge in [0.1, 0.15) is 0 Å². The van der Waals surface area contributed by atoms with Crippen LogP contribution in [0.15, 0.2) is 192 Å². The monoisotopic (exact) mass is 595 g/mol. The van der Waals surface area contributed by atoms with Gasteiger partial charge in [0, 0.05) is 49.7 Å². The standard InChI is InChI=1S/C23H20NP.C16H14.Ti/c1-4-14-21(15-5-1)25(22-16-6-2-7-17-22,23-18-8-3-9-19-23)24-20-12-10-11-13-20;1-3-9-15(10-4-1)13-7-8-14-16-11-5-2-6-12-16;/h1-12,14-19H,13H2;1-14H;. The van der Waals surface area contributed by atoms with Gasteiger partial charge in [0.2, 0.25) is 0 Å². The van der Waals surface area contributed by atoms with Crippen LogP contribution in [0.5, 0.6) is 0 Å². The van der Waals surface area contributed by atoms with Crippen molar-refractivity contribution < 1.29 is 21.7 Å². The summed E-state index contributed by atoms with van der Waals surface area (Å²) in [5, 5.41) is 3.88. The van der Waals surface area contributed by atoms with Crippen molar-refractivity contribution in [3.63, 3.8) is 0 Å². The molecule has 5 aromatic carbocycles. The predicted molar refractivity (Wildman–Crippen MR) is 180 cm³/mol. The van der Waals surface area contributed by atoms with Gasteiger partial charge in [-0.3, -0.25) is 4.74 Å². The Morgan fingerprint density at radius 2 is 0.833 bits per heavy atom. The summed E-state index contributed by atoms with van der Waals surface area (Å²) in [7, 11) is -2.09. The quantitative estimate of drug-likeness (QED) is 0.101. The van der Waals surface area contributed by atoms with Crippen LogP contribution in [0, 0.1) is 0 Å². The molecule has 5 aromatic rings. The molecule has 42 heavy (non-hydrogen) atoms. The average molecular weight is 596 g/mol. The molecule has 0 bridgehead atoms. The van der Waals surface area contributed by atoms with Crippen molar-refractivity contribution in [1.29, 1.82) is 0 Å². The summed E-state index contributed by atoms with van der Waals surface area (Å²) in [4.78, 5) is 0. The molecule has 0 saturated carbocycles. The predicted octanol–water partition coefficient (Wildman–Crippen LogP) is 9.42. The molecule has 0 spiro atoms. The molecule has 0 aliphatic heterocycles. The van der Waals surface area contributed by atoms with Crippen molar-refractivity contribution in [2.45, 2.75) is 6.42 Å². The van der Waals surface area contributed by atoms with Crippen molar-refractivity contribution in [1.82, 2.24) is 0 Å². The Hall–Kier alpha value is -4.00. The van der Waals surface area contributed by atoms with Crippen molar-refractivity contribution in [2.75, 3.05) is 0 Å². The number of rotatable bonds is 7. The first-order valence-electron chi connectivity index (χ1n) is 13.9. The molecule has 6 rings (SSSR count). The van der Waals surface area contributed by atoms with Crippen molar-refractivity contribution in [3.8, 4) is 0 Å². The van der Waals surface area contributed by atoms with E-state index in [4.69, 9.17) is 4.74 Å². The maximum absolute atomic E-state index is 5.43. The Morgan fingerprint density at radius 3 is 1.17 bits per heavy atom. The fourth-order valence-electron chi connectivity index (χ4n) is 4.72. The summed E-state index contributed by atoms with van der Waals surface area (Å²) in [6, 6.07) is 52.8. The number of allylic oxidation sites excluding steroid dienone is 5. The van der Waals surface area contributed by atoms with Crippen LogP contribution in [0.2, 0.25) is 0 Å². The zero-order valence-electron chi connectivity index (χ0n) is 23.6. The van der Waals surface area contributed by atoms with Gasteiger partial charge in [-0.1, -0.05) is 188 Å². The molecule has 0 aromatic heterocycles. The Kier molecular flexibility index (Phi) is 12.1. The number of benzene rings is 5. The summed E-state index contributed by atoms with van der Waals surface area (Å²) < 4.78 is 5.43. The van der Waals surface area contributed by atoms with Crippen molar-refractivity contribution >= 4 is 35.1 Å². The van der Waals surface area contributed by atoms with Crippen LogP contribution in [0.3, 0.4) is 0 Å². The van der Waals surface area contributed by atoms with Gasteiger partial charge in [0.25, 0.3) is 0 Å². The fourth-order valence-corrected chi connectivity index (χ4v) is 8.30. The van der Waals surface area contributed by atoms with E-state index in [1.54, 1.807) is 0 Å². The first-order chi connectivity index (χ1) is 20.3. The van der Waals surface area contributed by atoms with Gasteiger partial charge in [-0.2, -0.15) is 0 Å². The minimum absolute atomic E-state index is 0. The molecule has 0 saturated heterocycles. The molecular weight excluding hydrogens is 561 g/mol. The molecule has 1 aliphatic carbocycles. The van der Waals surface area contributed by atoms with E-state index in [0.29, 0.717) is 0 Å². The number of hydrogen-bond acceptors (Lipinski definition) is 1. The van der Waals surface area contributed by atoms with Gasteiger partial charge >= 0.3 is 0 Å². The van der Waals surface area contributed by atoms with Crippen LogP contribution in [0.1, 0.15) is 17.5 Å². The van der Waals surface area contributed by atoms with Gasteiger partial charge in [-0.15, -0.1) is 0 Å². The van der Waals surface area contributed by atoms with E-state index in [0.717, 1.165) is 12.1 Å². The van der Waals surface area contributed by atoms with Crippen LogP contribution in [-0.4, -0.2) is 0 Å². The zero-order chi connectivity index (χ0) is 28.0. The first-order valence-corrected chi connectivity index (χ1v) is 15.7. The topological polar surface area (TPSA) is 12.4 Å². The smallest absolute Gasteiger partial charge is 0.0608 e. The molecule has 204 valence electrons. The van der Waals surface area contributed by atoms with Gasteiger partial charge in [-0.25, -0.2) is 0 Å². The van der Waals surface area contributed by atoms with Crippen LogP contribution in [0.4, 0.5) is 0 Å². The van der Waals surface area contributed by atoms with E-state index in [1.165, 1.54) is 27.0 Å². The number of hydrogen-bond donors (Lipinski definition) is 0. The van der Waals surface area contributed by atoms with Crippen LogP contribution in [0.25, 0.3) is 12.2 Å². The second-order valence-electron chi connectivity index (χ2n) is 9.57. The Morgan fingerprint density at radius 1 is 0.476 bits per heavy atom. The molecule has 0 atom stereocenters. The van der Waals surface area contributed by atoms with Crippen LogP contribution < -0.4 is 15.9 Å². The molecule has 3 heteroatoms. The van der Waals surface area contributed by atoms with Gasteiger partial charge in [-0.05, 0) is 17.2 Å². The molecule has 0 unspecified atom stereocenters. The third-order valence-corrected chi connectivity index (χ3v) is 10.4. The average Bonchev–Trinajstić information content (AvgIpc) is 3.58. The van der Waals surface area contributed by atoms with E-state index in [9.17, 15) is 0 Å². The summed E-state index contributed by atoms with van der Waals surface area (Å²) in [6.45, 7) is 0. The van der Waals surface area contributed by atoms with E-state index in [2.05, 4.69) is 158 Å². The van der Waals surface area contributed by atoms with Crippen molar-refractivity contribution in [3.05, 3.63) is 199 Å². The fraction of sp³-hybridized carbons (Fsp3) is 0.0256. The van der Waals surface area contributed by atoms with E-state index in [-0.39, 0.29) is 21.7 Å². The second kappa shape index (κ2) is 16.4. The van der Waals surface area contributed by atoms with E-state index in [1.807, 2.05) is 36.4 Å². The van der Waals surface area contributed by atoms with Crippen LogP contribution >= 0.6 is 7.05 Å². The van der Waals surface area contributed by atoms with Gasteiger partial charge in [0.15, 0.2) is 0 Å². The normalized spacial score (nSPS) is 12.3. The molecule has 0 N–H and O–H groups in total. The number of nitrogens with zero attached hydrogens (tertiary/aromatic N) is 1. The Bertz CT molecular complexity index is 1520. The molecular formula is C39H34NPTi. The summed E-state index contributed by atoms with van der Waals surface area (Å²) >= 11 is 0. The maximum atomic E-state index is 5.43. The van der Waals surface area contributed by atoms with E-state index >= 15 is 0 Å². The third kappa shape index (κ3) is 8.28. The first kappa shape index (κ1) is 31.0. The molecule has 0 radical (unpaired) electrons. The molecule has 1 aliphatic rings. The summed E-state index contributed by atoms with van der Waals surface area (Å²) in [5.41, 5.74) is 3.60. The Balaban J connectivity index is 0.000000207.